The third kappa shape index (κ3) is 5.29. The molecular formula is C13H18O3. The molecule has 0 unspecified atom stereocenters. The number of Topliss-reactive ketones (excluding diaryl/α,β-unsaturated/α-hetero) is 2. The Morgan fingerprint density at radius 1 is 1.06 bits per heavy atom. The van der Waals surface area contributed by atoms with E-state index in [0.717, 1.165) is 0 Å². The van der Waals surface area contributed by atoms with Crippen molar-refractivity contribution < 1.29 is 14.3 Å². The van der Waals surface area contributed by atoms with E-state index in [9.17, 15) is 9.59 Å². The van der Waals surface area contributed by atoms with Crippen LogP contribution in [-0.4, -0.2) is 18.2 Å². The fraction of sp³-hybridized carbons (Fsp3) is 0.385. The van der Waals surface area contributed by atoms with Gasteiger partial charge < -0.3 is 4.74 Å². The van der Waals surface area contributed by atoms with Gasteiger partial charge in [0.25, 0.3) is 0 Å². The van der Waals surface area contributed by atoms with Crippen molar-refractivity contribution in [2.24, 2.45) is 0 Å². The van der Waals surface area contributed by atoms with Gasteiger partial charge in [-0.2, -0.15) is 0 Å². The minimum absolute atomic E-state index is 0.0168. The van der Waals surface area contributed by atoms with Gasteiger partial charge >= 0.3 is 0 Å². The van der Waals surface area contributed by atoms with Crippen LogP contribution in [0, 0.1) is 0 Å². The lowest BCUT2D eigenvalue weighted by Gasteiger charge is -2.03. The SMILES string of the molecule is CC.CC(=O)COc1ccc(C(C)=O)cc1. The smallest absolute Gasteiger partial charge is 0.167 e. The fourth-order valence-corrected chi connectivity index (χ4v) is 0.971. The van der Waals surface area contributed by atoms with Crippen LogP contribution in [0.1, 0.15) is 38.1 Å². The normalized spacial score (nSPS) is 8.75. The Labute approximate surface area is 96.4 Å². The van der Waals surface area contributed by atoms with E-state index in [1.165, 1.54) is 13.8 Å². The van der Waals surface area contributed by atoms with Gasteiger partial charge in [-0.05, 0) is 38.1 Å². The Bertz CT molecular complexity index is 339. The van der Waals surface area contributed by atoms with E-state index < -0.39 is 0 Å². The van der Waals surface area contributed by atoms with E-state index in [0.29, 0.717) is 11.3 Å². The Morgan fingerprint density at radius 2 is 1.56 bits per heavy atom. The van der Waals surface area contributed by atoms with Gasteiger partial charge in [-0.15, -0.1) is 0 Å². The zero-order valence-electron chi connectivity index (χ0n) is 10.2. The average Bonchev–Trinajstić information content (AvgIpc) is 2.29. The van der Waals surface area contributed by atoms with Crippen LogP contribution in [0.4, 0.5) is 0 Å². The van der Waals surface area contributed by atoms with Crippen molar-refractivity contribution in [2.45, 2.75) is 27.7 Å². The zero-order chi connectivity index (χ0) is 12.6. The summed E-state index contributed by atoms with van der Waals surface area (Å²) < 4.78 is 5.14. The third-order valence-electron chi connectivity index (χ3n) is 1.70. The van der Waals surface area contributed by atoms with Gasteiger partial charge in [-0.3, -0.25) is 9.59 Å². The molecule has 0 aliphatic rings. The summed E-state index contributed by atoms with van der Waals surface area (Å²) in [5, 5.41) is 0. The molecule has 0 bridgehead atoms. The minimum Gasteiger partial charge on any atom is -0.486 e. The highest BCUT2D eigenvalue weighted by atomic mass is 16.5. The van der Waals surface area contributed by atoms with Gasteiger partial charge in [0.2, 0.25) is 0 Å². The minimum atomic E-state index is -0.0272. The molecule has 0 heterocycles. The molecule has 0 amide bonds. The monoisotopic (exact) mass is 222 g/mol. The highest BCUT2D eigenvalue weighted by Crippen LogP contribution is 2.12. The first-order chi connectivity index (χ1) is 7.59. The molecule has 0 saturated heterocycles. The van der Waals surface area contributed by atoms with Crippen LogP contribution in [0.5, 0.6) is 5.75 Å². The molecule has 88 valence electrons. The van der Waals surface area contributed by atoms with E-state index in [1.54, 1.807) is 24.3 Å². The molecule has 0 aliphatic heterocycles. The fourth-order valence-electron chi connectivity index (χ4n) is 0.971. The lowest BCUT2D eigenvalue weighted by molar-refractivity contribution is -0.118. The Balaban J connectivity index is 0.00000106. The largest absolute Gasteiger partial charge is 0.486 e. The molecule has 0 aliphatic carbocycles. The van der Waals surface area contributed by atoms with E-state index in [2.05, 4.69) is 0 Å². The van der Waals surface area contributed by atoms with Crippen LogP contribution in [0.2, 0.25) is 0 Å². The van der Waals surface area contributed by atoms with E-state index >= 15 is 0 Å². The summed E-state index contributed by atoms with van der Waals surface area (Å²) in [5.74, 6) is 0.592. The summed E-state index contributed by atoms with van der Waals surface area (Å²) in [4.78, 5) is 21.5. The molecular weight excluding hydrogens is 204 g/mol. The Morgan fingerprint density at radius 3 is 1.94 bits per heavy atom. The molecule has 0 spiro atoms. The standard InChI is InChI=1S/C11H12O3.C2H6/c1-8(12)7-14-11-5-3-10(4-6-11)9(2)13;1-2/h3-6H,7H2,1-2H3;1-2H3. The van der Waals surface area contributed by atoms with Crippen LogP contribution in [0.3, 0.4) is 0 Å². The molecule has 0 fully saturated rings. The van der Waals surface area contributed by atoms with Gasteiger partial charge in [0.15, 0.2) is 11.6 Å². The lowest BCUT2D eigenvalue weighted by atomic mass is 10.1. The molecule has 0 N–H and O–H groups in total. The highest BCUT2D eigenvalue weighted by molar-refractivity contribution is 5.94. The van der Waals surface area contributed by atoms with Crippen molar-refractivity contribution >= 4 is 11.6 Å². The first kappa shape index (κ1) is 14.4. The van der Waals surface area contributed by atoms with Gasteiger partial charge in [-0.1, -0.05) is 13.8 Å². The second-order valence-corrected chi connectivity index (χ2v) is 3.07. The second-order valence-electron chi connectivity index (χ2n) is 3.07. The van der Waals surface area contributed by atoms with Gasteiger partial charge in [0, 0.05) is 5.56 Å². The lowest BCUT2D eigenvalue weighted by Crippen LogP contribution is -2.06. The summed E-state index contributed by atoms with van der Waals surface area (Å²) in [6, 6.07) is 6.72. The maximum absolute atomic E-state index is 10.9. The molecule has 0 aromatic heterocycles. The second kappa shape index (κ2) is 7.63. The quantitative estimate of drug-likeness (QED) is 0.736. The van der Waals surface area contributed by atoms with Gasteiger partial charge in [0.1, 0.15) is 12.4 Å². The number of ketones is 2. The molecule has 0 atom stereocenters. The summed E-state index contributed by atoms with van der Waals surface area (Å²) in [6.45, 7) is 7.04. The van der Waals surface area contributed by atoms with Crippen LogP contribution in [0.15, 0.2) is 24.3 Å². The molecule has 3 nitrogen and oxygen atoms in total. The molecule has 0 saturated carbocycles. The van der Waals surface area contributed by atoms with Crippen molar-refractivity contribution in [3.8, 4) is 5.75 Å². The summed E-state index contributed by atoms with van der Waals surface area (Å²) in [6.07, 6.45) is 0. The van der Waals surface area contributed by atoms with Gasteiger partial charge in [0.05, 0.1) is 0 Å². The van der Waals surface area contributed by atoms with Gasteiger partial charge in [-0.25, -0.2) is 0 Å². The Hall–Kier alpha value is -1.64. The molecule has 0 radical (unpaired) electrons. The number of carbonyl (C=O) groups excluding carboxylic acids is 2. The van der Waals surface area contributed by atoms with Crippen LogP contribution >= 0.6 is 0 Å². The van der Waals surface area contributed by atoms with E-state index in [-0.39, 0.29) is 18.2 Å². The number of hydrogen-bond donors (Lipinski definition) is 0. The van der Waals surface area contributed by atoms with Crippen LogP contribution in [0.25, 0.3) is 0 Å². The number of rotatable bonds is 4. The van der Waals surface area contributed by atoms with Crippen molar-refractivity contribution in [1.82, 2.24) is 0 Å². The maximum atomic E-state index is 10.9. The van der Waals surface area contributed by atoms with Crippen molar-refractivity contribution in [3.05, 3.63) is 29.8 Å². The highest BCUT2D eigenvalue weighted by Gasteiger charge is 2.00. The molecule has 1 aromatic rings. The summed E-state index contributed by atoms with van der Waals surface area (Å²) >= 11 is 0. The topological polar surface area (TPSA) is 43.4 Å². The van der Waals surface area contributed by atoms with E-state index in [1.807, 2.05) is 13.8 Å². The number of carbonyl (C=O) groups is 2. The Kier molecular flexibility index (Phi) is 6.84. The van der Waals surface area contributed by atoms with Crippen LogP contribution < -0.4 is 4.74 Å². The first-order valence-electron chi connectivity index (χ1n) is 5.33. The maximum Gasteiger partial charge on any atom is 0.167 e. The van der Waals surface area contributed by atoms with E-state index in [4.69, 9.17) is 4.74 Å². The van der Waals surface area contributed by atoms with Crippen molar-refractivity contribution in [1.29, 1.82) is 0 Å². The molecule has 1 aromatic carbocycles. The number of hydrogen-bond acceptors (Lipinski definition) is 3. The van der Waals surface area contributed by atoms with Crippen molar-refractivity contribution in [3.63, 3.8) is 0 Å². The predicted octanol–water partition coefficient (Wildman–Crippen LogP) is 2.88. The van der Waals surface area contributed by atoms with Crippen LogP contribution in [-0.2, 0) is 4.79 Å². The molecule has 1 rings (SSSR count). The molecule has 16 heavy (non-hydrogen) atoms. The third-order valence-corrected chi connectivity index (χ3v) is 1.70. The summed E-state index contributed by atoms with van der Waals surface area (Å²) in [5.41, 5.74) is 0.639. The number of ether oxygens (including phenoxy) is 1. The average molecular weight is 222 g/mol. The molecule has 3 heteroatoms. The first-order valence-corrected chi connectivity index (χ1v) is 5.33. The zero-order valence-corrected chi connectivity index (χ0v) is 10.2. The summed E-state index contributed by atoms with van der Waals surface area (Å²) in [7, 11) is 0. The number of benzene rings is 1. The van der Waals surface area contributed by atoms with Crippen molar-refractivity contribution in [2.75, 3.05) is 6.61 Å². The predicted molar refractivity (Wildman–Crippen MR) is 64.0 cm³/mol.